The minimum atomic E-state index is -4.52. The highest BCUT2D eigenvalue weighted by molar-refractivity contribution is 5.32. The topological polar surface area (TPSA) is 59.1 Å². The fraction of sp³-hybridized carbons (Fsp3) is 0.500. The van der Waals surface area contributed by atoms with Crippen molar-refractivity contribution in [2.45, 2.75) is 25.1 Å². The second kappa shape index (κ2) is 4.39. The predicted octanol–water partition coefficient (Wildman–Crippen LogP) is 1.66. The molecule has 0 aliphatic carbocycles. The quantitative estimate of drug-likeness (QED) is 0.836. The van der Waals surface area contributed by atoms with E-state index < -0.39 is 17.3 Å². The fourth-order valence-electron chi connectivity index (χ4n) is 1.46. The number of hydrogen-bond donors (Lipinski definition) is 2. The zero-order valence-electron chi connectivity index (χ0n) is 8.75. The van der Waals surface area contributed by atoms with Gasteiger partial charge in [-0.1, -0.05) is 6.92 Å². The highest BCUT2D eigenvalue weighted by Crippen LogP contribution is 2.36. The fourth-order valence-corrected chi connectivity index (χ4v) is 1.46. The Morgan fingerprint density at radius 3 is 2.44 bits per heavy atom. The van der Waals surface area contributed by atoms with Crippen LogP contribution in [0.15, 0.2) is 18.5 Å². The molecule has 0 saturated carbocycles. The van der Waals surface area contributed by atoms with Gasteiger partial charge in [0.25, 0.3) is 0 Å². The van der Waals surface area contributed by atoms with E-state index >= 15 is 0 Å². The van der Waals surface area contributed by atoms with Gasteiger partial charge in [-0.25, -0.2) is 0 Å². The third kappa shape index (κ3) is 2.33. The van der Waals surface area contributed by atoms with E-state index in [4.69, 9.17) is 5.73 Å². The zero-order chi connectivity index (χ0) is 12.4. The number of hydrogen-bond acceptors (Lipinski definition) is 3. The van der Waals surface area contributed by atoms with Crippen LogP contribution in [0, 0.1) is 0 Å². The highest BCUT2D eigenvalue weighted by atomic mass is 19.4. The molecule has 1 aromatic heterocycles. The number of rotatable bonds is 3. The summed E-state index contributed by atoms with van der Waals surface area (Å²) in [6.45, 7) is 1.29. The maximum atomic E-state index is 12.7. The Balaban J connectivity index is 3.34. The number of aliphatic hydroxyl groups is 1. The third-order valence-corrected chi connectivity index (χ3v) is 2.55. The second-order valence-corrected chi connectivity index (χ2v) is 3.51. The first-order valence-corrected chi connectivity index (χ1v) is 4.79. The molecule has 0 radical (unpaired) electrons. The Morgan fingerprint density at radius 2 is 2.00 bits per heavy atom. The summed E-state index contributed by atoms with van der Waals surface area (Å²) in [5.41, 5.74) is 2.47. The van der Waals surface area contributed by atoms with Crippen molar-refractivity contribution in [1.82, 2.24) is 4.98 Å². The number of nitrogens with two attached hydrogens (primary N) is 1. The van der Waals surface area contributed by atoms with Crippen molar-refractivity contribution in [3.8, 4) is 0 Å². The van der Waals surface area contributed by atoms with Gasteiger partial charge in [0, 0.05) is 24.5 Å². The number of nitrogens with zero attached hydrogens (tertiary/aromatic N) is 1. The van der Waals surface area contributed by atoms with E-state index in [1.165, 1.54) is 0 Å². The van der Waals surface area contributed by atoms with Crippen LogP contribution in [0.2, 0.25) is 0 Å². The molecule has 1 unspecified atom stereocenters. The highest BCUT2D eigenvalue weighted by Gasteiger charge is 2.39. The lowest BCUT2D eigenvalue weighted by molar-refractivity contribution is -0.140. The molecule has 0 spiro atoms. The van der Waals surface area contributed by atoms with Gasteiger partial charge in [-0.2, -0.15) is 13.2 Å². The van der Waals surface area contributed by atoms with Gasteiger partial charge in [-0.3, -0.25) is 4.98 Å². The van der Waals surface area contributed by atoms with Gasteiger partial charge in [0.2, 0.25) is 0 Å². The molecule has 0 bridgehead atoms. The van der Waals surface area contributed by atoms with E-state index in [1.54, 1.807) is 6.92 Å². The van der Waals surface area contributed by atoms with E-state index in [0.29, 0.717) is 0 Å². The second-order valence-electron chi connectivity index (χ2n) is 3.51. The first-order chi connectivity index (χ1) is 7.35. The molecule has 1 atom stereocenters. The van der Waals surface area contributed by atoms with Gasteiger partial charge in [-0.15, -0.1) is 0 Å². The number of aromatic nitrogens is 1. The number of alkyl halides is 3. The molecule has 0 aromatic carbocycles. The van der Waals surface area contributed by atoms with Gasteiger partial charge in [-0.05, 0) is 12.5 Å². The lowest BCUT2D eigenvalue weighted by atomic mass is 9.89. The maximum Gasteiger partial charge on any atom is 0.416 e. The van der Waals surface area contributed by atoms with Crippen LogP contribution in [0.5, 0.6) is 0 Å². The van der Waals surface area contributed by atoms with E-state index in [-0.39, 0.29) is 18.5 Å². The summed E-state index contributed by atoms with van der Waals surface area (Å²) in [6, 6.07) is 0.839. The van der Waals surface area contributed by atoms with Crippen molar-refractivity contribution in [2.24, 2.45) is 5.73 Å². The van der Waals surface area contributed by atoms with Crippen LogP contribution in [0.1, 0.15) is 24.5 Å². The molecule has 3 nitrogen and oxygen atoms in total. The minimum Gasteiger partial charge on any atom is -0.384 e. The van der Waals surface area contributed by atoms with Crippen molar-refractivity contribution in [3.63, 3.8) is 0 Å². The summed E-state index contributed by atoms with van der Waals surface area (Å²) in [5.74, 6) is 0. The van der Waals surface area contributed by atoms with Crippen molar-refractivity contribution >= 4 is 0 Å². The monoisotopic (exact) mass is 234 g/mol. The molecule has 0 amide bonds. The minimum absolute atomic E-state index is 0.0955. The molecule has 1 rings (SSSR count). The average molecular weight is 234 g/mol. The normalized spacial score (nSPS) is 15.9. The Bertz CT molecular complexity index is 361. The molecule has 0 aliphatic rings. The SMILES string of the molecule is CCC(O)(CN)c1cnccc1C(F)(F)F. The van der Waals surface area contributed by atoms with Crippen LogP contribution in [0.3, 0.4) is 0 Å². The summed E-state index contributed by atoms with van der Waals surface area (Å²) >= 11 is 0. The molecule has 3 N–H and O–H groups in total. The maximum absolute atomic E-state index is 12.7. The van der Waals surface area contributed by atoms with E-state index in [9.17, 15) is 18.3 Å². The van der Waals surface area contributed by atoms with Crippen LogP contribution in [-0.4, -0.2) is 16.6 Å². The Kier molecular flexibility index (Phi) is 3.54. The van der Waals surface area contributed by atoms with Crippen molar-refractivity contribution in [1.29, 1.82) is 0 Å². The molecule has 0 fully saturated rings. The van der Waals surface area contributed by atoms with Gasteiger partial charge >= 0.3 is 6.18 Å². The van der Waals surface area contributed by atoms with Crippen LogP contribution >= 0.6 is 0 Å². The molecular weight excluding hydrogens is 221 g/mol. The third-order valence-electron chi connectivity index (χ3n) is 2.55. The molecule has 0 saturated heterocycles. The number of pyridine rings is 1. The molecule has 1 heterocycles. The van der Waals surface area contributed by atoms with Gasteiger partial charge in [0.15, 0.2) is 0 Å². The van der Waals surface area contributed by atoms with Crippen LogP contribution in [-0.2, 0) is 11.8 Å². The van der Waals surface area contributed by atoms with Gasteiger partial charge in [0.1, 0.15) is 5.60 Å². The number of halogens is 3. The summed E-state index contributed by atoms with van der Waals surface area (Å²) < 4.78 is 38.0. The summed E-state index contributed by atoms with van der Waals surface area (Å²) in [5, 5.41) is 9.98. The van der Waals surface area contributed by atoms with Crippen molar-refractivity contribution in [2.75, 3.05) is 6.54 Å². The lowest BCUT2D eigenvalue weighted by Gasteiger charge is -2.28. The van der Waals surface area contributed by atoms with Gasteiger partial charge < -0.3 is 10.8 Å². The van der Waals surface area contributed by atoms with Gasteiger partial charge in [0.05, 0.1) is 5.56 Å². The van der Waals surface area contributed by atoms with Crippen LogP contribution in [0.25, 0.3) is 0 Å². The summed E-state index contributed by atoms with van der Waals surface area (Å²) in [4.78, 5) is 3.61. The first-order valence-electron chi connectivity index (χ1n) is 4.79. The van der Waals surface area contributed by atoms with Crippen LogP contribution < -0.4 is 5.73 Å². The molecule has 6 heteroatoms. The Morgan fingerprint density at radius 1 is 1.38 bits per heavy atom. The molecule has 1 aromatic rings. The van der Waals surface area contributed by atoms with Crippen molar-refractivity contribution < 1.29 is 18.3 Å². The first kappa shape index (κ1) is 12.9. The van der Waals surface area contributed by atoms with Crippen LogP contribution in [0.4, 0.5) is 13.2 Å². The van der Waals surface area contributed by atoms with Crippen molar-refractivity contribution in [3.05, 3.63) is 29.6 Å². The molecule has 16 heavy (non-hydrogen) atoms. The largest absolute Gasteiger partial charge is 0.416 e. The Labute approximate surface area is 91.1 Å². The molecular formula is C10H13F3N2O. The summed E-state index contributed by atoms with van der Waals surface area (Å²) in [7, 11) is 0. The molecule has 90 valence electrons. The lowest BCUT2D eigenvalue weighted by Crippen LogP contribution is -2.36. The smallest absolute Gasteiger partial charge is 0.384 e. The van der Waals surface area contributed by atoms with E-state index in [2.05, 4.69) is 4.98 Å². The zero-order valence-corrected chi connectivity index (χ0v) is 8.75. The van der Waals surface area contributed by atoms with E-state index in [1.807, 2.05) is 0 Å². The molecule has 0 aliphatic heterocycles. The van der Waals surface area contributed by atoms with E-state index in [0.717, 1.165) is 18.5 Å². The predicted molar refractivity (Wildman–Crippen MR) is 52.5 cm³/mol. The average Bonchev–Trinajstić information content (AvgIpc) is 2.27. The standard InChI is InChI=1S/C10H13F3N2O/c1-2-9(16,6-14)8-5-15-4-3-7(8)10(11,12)13/h3-5,16H,2,6,14H2,1H3. The Hall–Kier alpha value is -1.14. The summed E-state index contributed by atoms with van der Waals surface area (Å²) in [6.07, 6.45) is -2.37.